The summed E-state index contributed by atoms with van der Waals surface area (Å²) in [5.41, 5.74) is 2.68. The molecule has 7 nitrogen and oxygen atoms in total. The Hall–Kier alpha value is -3.35. The lowest BCUT2D eigenvalue weighted by molar-refractivity contribution is -0.120. The summed E-state index contributed by atoms with van der Waals surface area (Å²) in [4.78, 5) is 29.6. The van der Waals surface area contributed by atoms with Crippen molar-refractivity contribution in [2.75, 3.05) is 26.4 Å². The highest BCUT2D eigenvalue weighted by Crippen LogP contribution is 2.39. The van der Waals surface area contributed by atoms with Crippen molar-refractivity contribution in [3.8, 4) is 17.2 Å². The molecule has 1 atom stereocenters. The summed E-state index contributed by atoms with van der Waals surface area (Å²) in [5, 5.41) is 4.57. The molecule has 1 heterocycles. The molecule has 1 aliphatic heterocycles. The van der Waals surface area contributed by atoms with Crippen molar-refractivity contribution in [3.05, 3.63) is 51.5 Å². The van der Waals surface area contributed by atoms with Crippen LogP contribution in [0.2, 0.25) is 0 Å². The zero-order valence-electron chi connectivity index (χ0n) is 20.0. The Balaban J connectivity index is 1.73. The number of fused-ring (bicyclic) bond motifs is 1. The molecule has 176 valence electrons. The monoisotopic (exact) mass is 452 g/mol. The molecule has 2 aromatic rings. The summed E-state index contributed by atoms with van der Waals surface area (Å²) in [6.07, 6.45) is 2.41. The summed E-state index contributed by atoms with van der Waals surface area (Å²) in [7, 11) is 0. The number of benzene rings is 2. The maximum Gasteiger partial charge on any atom is 0.253 e. The summed E-state index contributed by atoms with van der Waals surface area (Å²) in [5.74, 6) is 0.606. The predicted molar refractivity (Wildman–Crippen MR) is 127 cm³/mol. The van der Waals surface area contributed by atoms with Crippen LogP contribution in [0.15, 0.2) is 29.3 Å². The van der Waals surface area contributed by atoms with Crippen molar-refractivity contribution >= 4 is 17.9 Å². The number of hydrogen-bond donors (Lipinski definition) is 1. The van der Waals surface area contributed by atoms with Gasteiger partial charge in [-0.1, -0.05) is 6.08 Å². The van der Waals surface area contributed by atoms with Crippen molar-refractivity contribution in [2.24, 2.45) is 10.9 Å². The minimum atomic E-state index is -0.363. The Morgan fingerprint density at radius 2 is 1.55 bits per heavy atom. The smallest absolute Gasteiger partial charge is 0.253 e. The minimum Gasteiger partial charge on any atom is -0.490 e. The largest absolute Gasteiger partial charge is 0.490 e. The van der Waals surface area contributed by atoms with Gasteiger partial charge in [-0.2, -0.15) is 0 Å². The second-order valence-corrected chi connectivity index (χ2v) is 7.86. The third-order valence-electron chi connectivity index (χ3n) is 5.48. The first-order chi connectivity index (χ1) is 15.9. The molecular weight excluding hydrogens is 420 g/mol. The molecule has 1 unspecified atom stereocenters. The first kappa shape index (κ1) is 24.3. The highest BCUT2D eigenvalue weighted by atomic mass is 16.5. The Morgan fingerprint density at radius 1 is 0.939 bits per heavy atom. The number of hydrogen-bond acceptors (Lipinski definition) is 5. The highest BCUT2D eigenvalue weighted by Gasteiger charge is 2.21. The van der Waals surface area contributed by atoms with Gasteiger partial charge in [-0.25, -0.2) is 4.99 Å². The van der Waals surface area contributed by atoms with Gasteiger partial charge in [0.05, 0.1) is 31.1 Å². The Morgan fingerprint density at radius 3 is 2.15 bits per heavy atom. The maximum atomic E-state index is 12.8. The van der Waals surface area contributed by atoms with Crippen LogP contribution >= 0.6 is 0 Å². The molecule has 0 spiro atoms. The van der Waals surface area contributed by atoms with Crippen LogP contribution in [0.4, 0.5) is 0 Å². The van der Waals surface area contributed by atoms with Crippen LogP contribution in [-0.4, -0.2) is 38.2 Å². The molecular formula is C26H32N2O5. The summed E-state index contributed by atoms with van der Waals surface area (Å²) < 4.78 is 17.1. The van der Waals surface area contributed by atoms with E-state index in [0.29, 0.717) is 61.0 Å². The van der Waals surface area contributed by atoms with Gasteiger partial charge in [0.1, 0.15) is 0 Å². The maximum absolute atomic E-state index is 12.8. The quantitative estimate of drug-likeness (QED) is 0.599. The molecule has 3 rings (SSSR count). The summed E-state index contributed by atoms with van der Waals surface area (Å²) in [6, 6.07) is 7.30. The van der Waals surface area contributed by atoms with E-state index < -0.39 is 0 Å². The van der Waals surface area contributed by atoms with E-state index in [1.54, 1.807) is 12.1 Å². The number of nitrogens with one attached hydrogen (secondary N) is 1. The third kappa shape index (κ3) is 5.72. The van der Waals surface area contributed by atoms with Crippen LogP contribution in [0, 0.1) is 19.8 Å². The van der Waals surface area contributed by atoms with Crippen LogP contribution in [0.1, 0.15) is 48.7 Å². The van der Waals surface area contributed by atoms with Gasteiger partial charge in [0.15, 0.2) is 11.5 Å². The molecule has 0 saturated heterocycles. The molecule has 2 amide bonds. The van der Waals surface area contributed by atoms with Crippen molar-refractivity contribution in [2.45, 2.75) is 41.0 Å². The molecule has 0 radical (unpaired) electrons. The molecule has 0 bridgehead atoms. The fourth-order valence-electron chi connectivity index (χ4n) is 3.71. The lowest BCUT2D eigenvalue weighted by atomic mass is 9.98. The van der Waals surface area contributed by atoms with Crippen LogP contribution in [-0.2, 0) is 4.79 Å². The predicted octanol–water partition coefficient (Wildman–Crippen LogP) is 2.88. The lowest BCUT2D eigenvalue weighted by Gasteiger charge is -2.17. The van der Waals surface area contributed by atoms with E-state index in [1.165, 1.54) is 0 Å². The topological polar surface area (TPSA) is 86.2 Å². The molecule has 0 aliphatic carbocycles. The molecule has 33 heavy (non-hydrogen) atoms. The van der Waals surface area contributed by atoms with Crippen molar-refractivity contribution in [1.29, 1.82) is 0 Å². The van der Waals surface area contributed by atoms with Gasteiger partial charge < -0.3 is 19.5 Å². The summed E-state index contributed by atoms with van der Waals surface area (Å²) >= 11 is 0. The zero-order chi connectivity index (χ0) is 24.0. The lowest BCUT2D eigenvalue weighted by Crippen LogP contribution is -2.36. The highest BCUT2D eigenvalue weighted by molar-refractivity contribution is 5.95. The van der Waals surface area contributed by atoms with Gasteiger partial charge in [0, 0.05) is 12.1 Å². The van der Waals surface area contributed by atoms with Crippen LogP contribution in [0.5, 0.6) is 17.2 Å². The van der Waals surface area contributed by atoms with E-state index in [1.807, 2.05) is 46.8 Å². The number of nitrogens with zero attached hydrogens (tertiary/aromatic N) is 1. The standard InChI is InChI=1S/C26H32N2O5/c1-6-31-22-14-20(15-23(32-7-2)24(22)33-8-3)25(29)27-10-9-18-13-19-11-16(4)17(5)12-21(19)28-26(18)30/h11-15,18H,6-10H2,1-5H3,(H,27,29). The van der Waals surface area contributed by atoms with Crippen molar-refractivity contribution < 1.29 is 23.8 Å². The second-order valence-electron chi connectivity index (χ2n) is 7.86. The SMILES string of the molecule is CCOc1cc(C(=O)NCCC2C=c3cc(C)c(C)cc3=NC2=O)cc(OCC)c1OCC. The van der Waals surface area contributed by atoms with Gasteiger partial charge in [-0.05, 0) is 81.7 Å². The van der Waals surface area contributed by atoms with Gasteiger partial charge in [0.2, 0.25) is 5.75 Å². The van der Waals surface area contributed by atoms with E-state index in [9.17, 15) is 9.59 Å². The van der Waals surface area contributed by atoms with Crippen molar-refractivity contribution in [3.63, 3.8) is 0 Å². The number of carbonyl (C=O) groups is 2. The fraction of sp³-hybridized carbons (Fsp3) is 0.423. The number of carbonyl (C=O) groups excluding carboxylic acids is 2. The normalized spacial score (nSPS) is 14.6. The molecule has 7 heteroatoms. The third-order valence-corrected chi connectivity index (χ3v) is 5.48. The van der Waals surface area contributed by atoms with E-state index >= 15 is 0 Å². The fourth-order valence-corrected chi connectivity index (χ4v) is 3.71. The minimum absolute atomic E-state index is 0.182. The second kappa shape index (κ2) is 11.0. The van der Waals surface area contributed by atoms with Gasteiger partial charge in [-0.15, -0.1) is 0 Å². The average Bonchev–Trinajstić information content (AvgIpc) is 2.77. The van der Waals surface area contributed by atoms with Gasteiger partial charge in [-0.3, -0.25) is 9.59 Å². The van der Waals surface area contributed by atoms with Crippen molar-refractivity contribution in [1.82, 2.24) is 5.32 Å². The molecule has 1 aliphatic rings. The number of rotatable bonds is 10. The zero-order valence-corrected chi connectivity index (χ0v) is 20.0. The van der Waals surface area contributed by atoms with E-state index in [2.05, 4.69) is 16.4 Å². The molecule has 1 N–H and O–H groups in total. The average molecular weight is 453 g/mol. The Bertz CT molecular complexity index is 1130. The first-order valence-corrected chi connectivity index (χ1v) is 11.4. The first-order valence-electron chi connectivity index (χ1n) is 11.4. The van der Waals surface area contributed by atoms with E-state index in [4.69, 9.17) is 14.2 Å². The van der Waals surface area contributed by atoms with Gasteiger partial charge >= 0.3 is 0 Å². The number of amides is 2. The van der Waals surface area contributed by atoms with E-state index in [-0.39, 0.29) is 17.7 Å². The molecule has 2 aromatic carbocycles. The van der Waals surface area contributed by atoms with E-state index in [0.717, 1.165) is 16.3 Å². The Kier molecular flexibility index (Phi) is 8.09. The van der Waals surface area contributed by atoms with Crippen LogP contribution in [0.25, 0.3) is 6.08 Å². The summed E-state index contributed by atoms with van der Waals surface area (Å²) in [6.45, 7) is 11.3. The van der Waals surface area contributed by atoms with Crippen LogP contribution < -0.4 is 30.1 Å². The molecule has 0 saturated carbocycles. The Labute approximate surface area is 194 Å². The molecule has 0 aromatic heterocycles. The van der Waals surface area contributed by atoms with Crippen LogP contribution in [0.3, 0.4) is 0 Å². The number of aryl methyl sites for hydroxylation is 2. The number of ether oxygens (including phenoxy) is 3. The van der Waals surface area contributed by atoms with Gasteiger partial charge in [0.25, 0.3) is 11.8 Å². The molecule has 0 fully saturated rings.